The SMILES string of the molecule is Cc1ccc2c(c1)C1(CC(=O)Nc3c1cnn3-c1ccc(C)c(C)c1)C(=O)N2C. The van der Waals surface area contributed by atoms with Gasteiger partial charge in [-0.05, 0) is 55.7 Å². The molecule has 6 nitrogen and oxygen atoms in total. The first-order valence-corrected chi connectivity index (χ1v) is 9.68. The van der Waals surface area contributed by atoms with Gasteiger partial charge in [-0.3, -0.25) is 9.59 Å². The minimum atomic E-state index is -1.04. The number of benzene rings is 2. The molecule has 29 heavy (non-hydrogen) atoms. The van der Waals surface area contributed by atoms with Crippen LogP contribution in [0.2, 0.25) is 0 Å². The van der Waals surface area contributed by atoms with Crippen LogP contribution in [-0.4, -0.2) is 28.6 Å². The van der Waals surface area contributed by atoms with Crippen LogP contribution in [0.4, 0.5) is 11.5 Å². The fraction of sp³-hybridized carbons (Fsp3) is 0.261. The van der Waals surface area contributed by atoms with Crippen LogP contribution in [0.25, 0.3) is 5.69 Å². The van der Waals surface area contributed by atoms with E-state index in [0.29, 0.717) is 5.82 Å². The summed E-state index contributed by atoms with van der Waals surface area (Å²) < 4.78 is 1.72. The fourth-order valence-electron chi connectivity index (χ4n) is 4.57. The van der Waals surface area contributed by atoms with Crippen LogP contribution in [0, 0.1) is 20.8 Å². The van der Waals surface area contributed by atoms with Crippen LogP contribution in [-0.2, 0) is 15.0 Å². The average Bonchev–Trinajstić information content (AvgIpc) is 3.19. The van der Waals surface area contributed by atoms with E-state index in [9.17, 15) is 9.59 Å². The highest BCUT2D eigenvalue weighted by Crippen LogP contribution is 2.52. The zero-order valence-electron chi connectivity index (χ0n) is 16.9. The second-order valence-electron chi connectivity index (χ2n) is 8.10. The van der Waals surface area contributed by atoms with Gasteiger partial charge in [-0.25, -0.2) is 4.68 Å². The number of nitrogens with one attached hydrogen (secondary N) is 1. The lowest BCUT2D eigenvalue weighted by molar-refractivity contribution is -0.126. The van der Waals surface area contributed by atoms with Gasteiger partial charge in [0.1, 0.15) is 11.2 Å². The first kappa shape index (κ1) is 17.7. The number of rotatable bonds is 1. The van der Waals surface area contributed by atoms with Gasteiger partial charge in [-0.1, -0.05) is 23.8 Å². The van der Waals surface area contributed by atoms with Crippen LogP contribution in [0.5, 0.6) is 0 Å². The summed E-state index contributed by atoms with van der Waals surface area (Å²) in [5.41, 5.74) is 5.67. The number of fused-ring (bicyclic) bond motifs is 4. The molecule has 1 N–H and O–H groups in total. The quantitative estimate of drug-likeness (QED) is 0.697. The molecule has 1 spiro atoms. The molecular formula is C23H22N4O2. The van der Waals surface area contributed by atoms with E-state index in [2.05, 4.69) is 17.3 Å². The molecule has 2 aromatic carbocycles. The first-order chi connectivity index (χ1) is 13.8. The van der Waals surface area contributed by atoms with Crippen LogP contribution < -0.4 is 10.2 Å². The largest absolute Gasteiger partial charge is 0.314 e. The topological polar surface area (TPSA) is 67.2 Å². The van der Waals surface area contributed by atoms with Crippen molar-refractivity contribution in [1.82, 2.24) is 9.78 Å². The van der Waals surface area contributed by atoms with Crippen molar-refractivity contribution in [2.45, 2.75) is 32.6 Å². The van der Waals surface area contributed by atoms with E-state index in [-0.39, 0.29) is 18.2 Å². The maximum absolute atomic E-state index is 13.5. The molecule has 0 saturated heterocycles. The minimum absolute atomic E-state index is 0.0816. The van der Waals surface area contributed by atoms with Gasteiger partial charge in [-0.15, -0.1) is 0 Å². The molecule has 0 bridgehead atoms. The zero-order valence-corrected chi connectivity index (χ0v) is 16.9. The zero-order chi connectivity index (χ0) is 20.5. The molecule has 146 valence electrons. The summed E-state index contributed by atoms with van der Waals surface area (Å²) >= 11 is 0. The van der Waals surface area contributed by atoms with Crippen molar-refractivity contribution in [3.63, 3.8) is 0 Å². The molecule has 5 rings (SSSR count). The number of hydrogen-bond acceptors (Lipinski definition) is 3. The third-order valence-corrected chi connectivity index (χ3v) is 6.29. The Balaban J connectivity index is 1.77. The summed E-state index contributed by atoms with van der Waals surface area (Å²) in [6.45, 7) is 6.10. The van der Waals surface area contributed by atoms with Gasteiger partial charge in [0.25, 0.3) is 0 Å². The van der Waals surface area contributed by atoms with Gasteiger partial charge in [0.15, 0.2) is 0 Å². The number of anilines is 2. The predicted octanol–water partition coefficient (Wildman–Crippen LogP) is 3.40. The summed E-state index contributed by atoms with van der Waals surface area (Å²) in [7, 11) is 1.77. The summed E-state index contributed by atoms with van der Waals surface area (Å²) in [4.78, 5) is 28.0. The number of carbonyl (C=O) groups excluding carboxylic acids is 2. The van der Waals surface area contributed by atoms with Crippen LogP contribution in [0.1, 0.15) is 34.2 Å². The van der Waals surface area contributed by atoms with E-state index in [0.717, 1.165) is 33.6 Å². The summed E-state index contributed by atoms with van der Waals surface area (Å²) in [6.07, 6.45) is 1.81. The van der Waals surface area contributed by atoms with Crippen molar-refractivity contribution in [2.75, 3.05) is 17.3 Å². The van der Waals surface area contributed by atoms with E-state index >= 15 is 0 Å². The van der Waals surface area contributed by atoms with Gasteiger partial charge in [0.2, 0.25) is 11.8 Å². The number of aryl methyl sites for hydroxylation is 3. The lowest BCUT2D eigenvalue weighted by atomic mass is 9.71. The monoisotopic (exact) mass is 386 g/mol. The molecule has 3 aromatic rings. The predicted molar refractivity (Wildman–Crippen MR) is 112 cm³/mol. The van der Waals surface area contributed by atoms with Gasteiger partial charge < -0.3 is 10.2 Å². The number of aromatic nitrogens is 2. The van der Waals surface area contributed by atoms with Crippen LogP contribution in [0.15, 0.2) is 42.6 Å². The van der Waals surface area contributed by atoms with Gasteiger partial charge in [0.05, 0.1) is 11.9 Å². The molecule has 0 aliphatic carbocycles. The molecule has 1 atom stereocenters. The highest BCUT2D eigenvalue weighted by atomic mass is 16.2. The van der Waals surface area contributed by atoms with Gasteiger partial charge in [0, 0.05) is 24.7 Å². The highest BCUT2D eigenvalue weighted by Gasteiger charge is 2.56. The van der Waals surface area contributed by atoms with E-state index in [1.807, 2.05) is 50.2 Å². The molecule has 2 aliphatic heterocycles. The first-order valence-electron chi connectivity index (χ1n) is 9.68. The molecule has 1 unspecified atom stereocenters. The lowest BCUT2D eigenvalue weighted by Crippen LogP contribution is -2.45. The molecule has 3 heterocycles. The molecule has 0 radical (unpaired) electrons. The minimum Gasteiger partial charge on any atom is -0.314 e. The van der Waals surface area contributed by atoms with Gasteiger partial charge in [-0.2, -0.15) is 5.10 Å². The van der Waals surface area contributed by atoms with Crippen LogP contribution >= 0.6 is 0 Å². The molecule has 0 fully saturated rings. The Bertz CT molecular complexity index is 1210. The smallest absolute Gasteiger partial charge is 0.242 e. The summed E-state index contributed by atoms with van der Waals surface area (Å²) in [6, 6.07) is 12.0. The number of amides is 2. The van der Waals surface area contributed by atoms with Crippen LogP contribution in [0.3, 0.4) is 0 Å². The molecule has 0 saturated carbocycles. The third-order valence-electron chi connectivity index (χ3n) is 6.29. The van der Waals surface area contributed by atoms with E-state index in [1.54, 1.807) is 22.8 Å². The Morgan fingerprint density at radius 2 is 1.79 bits per heavy atom. The Morgan fingerprint density at radius 3 is 2.55 bits per heavy atom. The van der Waals surface area contributed by atoms with Crippen molar-refractivity contribution in [2.24, 2.45) is 0 Å². The van der Waals surface area contributed by atoms with Crippen molar-refractivity contribution >= 4 is 23.3 Å². The summed E-state index contributed by atoms with van der Waals surface area (Å²) in [5.74, 6) is 0.300. The van der Waals surface area contributed by atoms with Crippen molar-refractivity contribution in [3.8, 4) is 5.69 Å². The normalized spacial score (nSPS) is 20.1. The van der Waals surface area contributed by atoms with E-state index < -0.39 is 5.41 Å². The average molecular weight is 386 g/mol. The van der Waals surface area contributed by atoms with E-state index in [1.165, 1.54) is 5.56 Å². The molecule has 6 heteroatoms. The molecule has 1 aromatic heterocycles. The van der Waals surface area contributed by atoms with Crippen molar-refractivity contribution < 1.29 is 9.59 Å². The number of nitrogens with zero attached hydrogens (tertiary/aromatic N) is 3. The Hall–Kier alpha value is -3.41. The second-order valence-corrected chi connectivity index (χ2v) is 8.10. The Morgan fingerprint density at radius 1 is 1.00 bits per heavy atom. The summed E-state index contributed by atoms with van der Waals surface area (Å²) in [5, 5.41) is 7.54. The lowest BCUT2D eigenvalue weighted by Gasteiger charge is -2.32. The number of carbonyl (C=O) groups is 2. The Labute approximate surface area is 169 Å². The van der Waals surface area contributed by atoms with E-state index in [4.69, 9.17) is 0 Å². The molecule has 2 aliphatic rings. The van der Waals surface area contributed by atoms with Gasteiger partial charge >= 0.3 is 0 Å². The van der Waals surface area contributed by atoms with Crippen molar-refractivity contribution in [1.29, 1.82) is 0 Å². The number of hydrogen-bond donors (Lipinski definition) is 1. The fourth-order valence-corrected chi connectivity index (χ4v) is 4.57. The molecule has 2 amide bonds. The number of likely N-dealkylation sites (N-methyl/N-ethyl adjacent to an activating group) is 1. The molecular weight excluding hydrogens is 364 g/mol. The Kier molecular flexibility index (Phi) is 3.53. The maximum Gasteiger partial charge on any atom is 0.242 e. The third kappa shape index (κ3) is 2.26. The highest BCUT2D eigenvalue weighted by molar-refractivity contribution is 6.15. The van der Waals surface area contributed by atoms with Crippen molar-refractivity contribution in [3.05, 3.63) is 70.4 Å². The standard InChI is InChI=1S/C23H22N4O2/c1-13-5-8-19-17(9-13)23(22(29)26(19)4)11-20(28)25-21-18(23)12-24-27(21)16-7-6-14(2)15(3)10-16/h5-10,12H,11H2,1-4H3,(H,25,28). The second kappa shape index (κ2) is 5.80. The maximum atomic E-state index is 13.5.